The predicted octanol–water partition coefficient (Wildman–Crippen LogP) is 2.70. The first kappa shape index (κ1) is 16.4. The summed E-state index contributed by atoms with van der Waals surface area (Å²) in [6.07, 6.45) is 4.11. The van der Waals surface area contributed by atoms with Gasteiger partial charge >= 0.3 is 0 Å². The van der Waals surface area contributed by atoms with Gasteiger partial charge in [0.05, 0.1) is 17.7 Å². The molecule has 7 nitrogen and oxygen atoms in total. The van der Waals surface area contributed by atoms with E-state index in [-0.39, 0.29) is 24.2 Å². The number of carbonyl (C=O) groups excluding carboxylic acids is 1. The Labute approximate surface area is 132 Å². The average Bonchev–Trinajstić information content (AvgIpc) is 3.08. The van der Waals surface area contributed by atoms with Crippen LogP contribution in [0.3, 0.4) is 0 Å². The second-order valence-corrected chi connectivity index (χ2v) is 4.67. The summed E-state index contributed by atoms with van der Waals surface area (Å²) in [5.41, 5.74) is 0.702. The number of hydrogen-bond donors (Lipinski definition) is 1. The molecular weight excluding hydrogens is 300 g/mol. The average molecular weight is 316 g/mol. The number of nitro benzene ring substituents is 1. The van der Waals surface area contributed by atoms with Crippen molar-refractivity contribution in [3.8, 4) is 0 Å². The summed E-state index contributed by atoms with van der Waals surface area (Å²) in [6.45, 7) is 0.271. The molecule has 1 unspecified atom stereocenters. The zero-order valence-corrected chi connectivity index (χ0v) is 12.5. The maximum atomic E-state index is 11.8. The van der Waals surface area contributed by atoms with Crippen LogP contribution in [0.25, 0.3) is 6.08 Å². The molecule has 2 aromatic rings. The molecule has 23 heavy (non-hydrogen) atoms. The van der Waals surface area contributed by atoms with Gasteiger partial charge in [0.25, 0.3) is 5.69 Å². The first-order valence-corrected chi connectivity index (χ1v) is 6.86. The molecule has 0 saturated heterocycles. The highest BCUT2D eigenvalue weighted by Crippen LogP contribution is 2.16. The van der Waals surface area contributed by atoms with E-state index in [1.165, 1.54) is 31.6 Å². The number of benzene rings is 1. The van der Waals surface area contributed by atoms with Crippen molar-refractivity contribution < 1.29 is 18.9 Å². The maximum absolute atomic E-state index is 11.8. The first-order valence-electron chi connectivity index (χ1n) is 6.86. The number of methoxy groups -OCH3 is 1. The second-order valence-electron chi connectivity index (χ2n) is 4.67. The Bertz CT molecular complexity index is 677. The molecule has 0 aliphatic rings. The molecule has 0 aliphatic heterocycles. The van der Waals surface area contributed by atoms with Crippen molar-refractivity contribution in [2.24, 2.45) is 0 Å². The summed E-state index contributed by atoms with van der Waals surface area (Å²) < 4.78 is 10.5. The van der Waals surface area contributed by atoms with Crippen molar-refractivity contribution in [2.75, 3.05) is 13.7 Å². The van der Waals surface area contributed by atoms with Gasteiger partial charge in [-0.1, -0.05) is 0 Å². The molecule has 1 amide bonds. The van der Waals surface area contributed by atoms with E-state index in [2.05, 4.69) is 5.32 Å². The predicted molar refractivity (Wildman–Crippen MR) is 83.6 cm³/mol. The summed E-state index contributed by atoms with van der Waals surface area (Å²) in [5.74, 6) is 0.337. The van der Waals surface area contributed by atoms with E-state index in [4.69, 9.17) is 9.15 Å². The minimum absolute atomic E-state index is 0.00739. The Hall–Kier alpha value is -2.93. The van der Waals surface area contributed by atoms with E-state index >= 15 is 0 Å². The number of hydrogen-bond acceptors (Lipinski definition) is 5. The van der Waals surface area contributed by atoms with E-state index in [1.54, 1.807) is 30.3 Å². The van der Waals surface area contributed by atoms with Crippen LogP contribution in [0.15, 0.2) is 53.2 Å². The highest BCUT2D eigenvalue weighted by Gasteiger charge is 2.13. The van der Waals surface area contributed by atoms with Gasteiger partial charge < -0.3 is 14.5 Å². The quantitative estimate of drug-likeness (QED) is 0.481. The summed E-state index contributed by atoms with van der Waals surface area (Å²) in [4.78, 5) is 21.9. The van der Waals surface area contributed by atoms with Gasteiger partial charge in [-0.15, -0.1) is 0 Å². The van der Waals surface area contributed by atoms with Crippen molar-refractivity contribution in [2.45, 2.75) is 6.10 Å². The van der Waals surface area contributed by atoms with Crippen molar-refractivity contribution in [1.29, 1.82) is 0 Å². The van der Waals surface area contributed by atoms with Crippen LogP contribution in [-0.4, -0.2) is 24.5 Å². The number of carbonyl (C=O) groups is 1. The summed E-state index contributed by atoms with van der Waals surface area (Å²) in [6, 6.07) is 9.43. The maximum Gasteiger partial charge on any atom is 0.269 e. The zero-order chi connectivity index (χ0) is 16.7. The molecule has 1 N–H and O–H groups in total. The molecule has 0 fully saturated rings. The van der Waals surface area contributed by atoms with Crippen LogP contribution < -0.4 is 5.32 Å². The molecule has 0 bridgehead atoms. The summed E-state index contributed by atoms with van der Waals surface area (Å²) in [5, 5.41) is 13.3. The lowest BCUT2D eigenvalue weighted by Gasteiger charge is -2.12. The molecule has 0 radical (unpaired) electrons. The Kier molecular flexibility index (Phi) is 5.65. The van der Waals surface area contributed by atoms with E-state index in [0.717, 1.165) is 0 Å². The molecule has 0 spiro atoms. The third kappa shape index (κ3) is 4.79. The summed E-state index contributed by atoms with van der Waals surface area (Å²) in [7, 11) is 1.53. The smallest absolute Gasteiger partial charge is 0.269 e. The molecule has 2 rings (SSSR count). The summed E-state index contributed by atoms with van der Waals surface area (Å²) >= 11 is 0. The van der Waals surface area contributed by atoms with Crippen LogP contribution in [-0.2, 0) is 9.53 Å². The van der Waals surface area contributed by atoms with Crippen LogP contribution in [0.4, 0.5) is 5.69 Å². The Morgan fingerprint density at radius 1 is 1.39 bits per heavy atom. The van der Waals surface area contributed by atoms with E-state index < -0.39 is 4.92 Å². The zero-order valence-electron chi connectivity index (χ0n) is 12.5. The number of amides is 1. The molecule has 120 valence electrons. The third-order valence-corrected chi connectivity index (χ3v) is 3.14. The van der Waals surface area contributed by atoms with Gasteiger partial charge in [-0.3, -0.25) is 14.9 Å². The monoisotopic (exact) mass is 316 g/mol. The molecule has 0 saturated carbocycles. The van der Waals surface area contributed by atoms with Crippen LogP contribution in [0.1, 0.15) is 17.4 Å². The number of nitrogens with one attached hydrogen (secondary N) is 1. The first-order chi connectivity index (χ1) is 11.1. The standard InChI is InChI=1S/C16H16N2O5/c1-22-15(14-3-2-10-23-14)11-17-16(19)9-6-12-4-7-13(8-5-12)18(20)21/h2-10,15H,11H2,1H3,(H,17,19)/b9-6+. The Morgan fingerprint density at radius 3 is 2.70 bits per heavy atom. The van der Waals surface area contributed by atoms with Crippen molar-refractivity contribution in [3.63, 3.8) is 0 Å². The molecule has 1 aromatic carbocycles. The molecule has 1 atom stereocenters. The highest BCUT2D eigenvalue weighted by atomic mass is 16.6. The lowest BCUT2D eigenvalue weighted by Crippen LogP contribution is -2.27. The molecular formula is C16H16N2O5. The van der Waals surface area contributed by atoms with Crippen LogP contribution >= 0.6 is 0 Å². The van der Waals surface area contributed by atoms with Gasteiger partial charge in [-0.05, 0) is 35.9 Å². The Morgan fingerprint density at radius 2 is 2.13 bits per heavy atom. The number of non-ortho nitro benzene ring substituents is 1. The van der Waals surface area contributed by atoms with E-state index in [9.17, 15) is 14.9 Å². The van der Waals surface area contributed by atoms with Crippen LogP contribution in [0, 0.1) is 10.1 Å². The Balaban J connectivity index is 1.87. The van der Waals surface area contributed by atoms with E-state index in [0.29, 0.717) is 11.3 Å². The van der Waals surface area contributed by atoms with Crippen LogP contribution in [0.5, 0.6) is 0 Å². The number of rotatable bonds is 7. The fourth-order valence-corrected chi connectivity index (χ4v) is 1.91. The molecule has 7 heteroatoms. The van der Waals surface area contributed by atoms with Gasteiger partial charge in [0.2, 0.25) is 5.91 Å². The van der Waals surface area contributed by atoms with Gasteiger partial charge in [0, 0.05) is 25.3 Å². The van der Waals surface area contributed by atoms with Gasteiger partial charge in [0.15, 0.2) is 0 Å². The van der Waals surface area contributed by atoms with Gasteiger partial charge in [-0.2, -0.15) is 0 Å². The normalized spacial score (nSPS) is 12.2. The van der Waals surface area contributed by atoms with Gasteiger partial charge in [-0.25, -0.2) is 0 Å². The largest absolute Gasteiger partial charge is 0.467 e. The number of nitro groups is 1. The topological polar surface area (TPSA) is 94.6 Å². The number of furan rings is 1. The van der Waals surface area contributed by atoms with Crippen molar-refractivity contribution in [1.82, 2.24) is 5.32 Å². The second kappa shape index (κ2) is 7.90. The van der Waals surface area contributed by atoms with Gasteiger partial charge in [0.1, 0.15) is 11.9 Å². The van der Waals surface area contributed by atoms with Crippen molar-refractivity contribution >= 4 is 17.7 Å². The minimum Gasteiger partial charge on any atom is -0.467 e. The number of ether oxygens (including phenoxy) is 1. The fraction of sp³-hybridized carbons (Fsp3) is 0.188. The molecule has 0 aliphatic carbocycles. The fourth-order valence-electron chi connectivity index (χ4n) is 1.91. The van der Waals surface area contributed by atoms with Crippen molar-refractivity contribution in [3.05, 3.63) is 70.2 Å². The van der Waals surface area contributed by atoms with Crippen LogP contribution in [0.2, 0.25) is 0 Å². The third-order valence-electron chi connectivity index (χ3n) is 3.14. The molecule has 1 heterocycles. The van der Waals surface area contributed by atoms with E-state index in [1.807, 2.05) is 0 Å². The lowest BCUT2D eigenvalue weighted by molar-refractivity contribution is -0.384. The number of nitrogens with zero attached hydrogens (tertiary/aromatic N) is 1. The lowest BCUT2D eigenvalue weighted by atomic mass is 10.2. The highest BCUT2D eigenvalue weighted by molar-refractivity contribution is 5.91. The molecule has 1 aromatic heterocycles. The SMILES string of the molecule is COC(CNC(=O)/C=C/c1ccc([N+](=O)[O-])cc1)c1ccco1. The minimum atomic E-state index is -0.472.